The number of ether oxygens (including phenoxy) is 1. The summed E-state index contributed by atoms with van der Waals surface area (Å²) in [5.41, 5.74) is 0. The van der Waals surface area contributed by atoms with Gasteiger partial charge in [-0.2, -0.15) is 8.78 Å². The summed E-state index contributed by atoms with van der Waals surface area (Å²) in [6.07, 6.45) is -4.45. The molecule has 1 rings (SSSR count). The van der Waals surface area contributed by atoms with Gasteiger partial charge in [-0.15, -0.1) is 0 Å². The van der Waals surface area contributed by atoms with Gasteiger partial charge in [0.15, 0.2) is 0 Å². The number of alkyl halides is 4. The molecule has 0 bridgehead atoms. The molecule has 100 valence electrons. The Balaban J connectivity index is 2.37. The smallest absolute Gasteiger partial charge is 0.374 e. The first-order valence-electron chi connectivity index (χ1n) is 5.08. The molecule has 1 unspecified atom stereocenters. The number of morpholine rings is 1. The molecule has 0 saturated carbocycles. The van der Waals surface area contributed by atoms with Crippen LogP contribution in [-0.2, 0) is 9.53 Å². The van der Waals surface area contributed by atoms with Crippen LogP contribution in [0.25, 0.3) is 0 Å². The van der Waals surface area contributed by atoms with Crippen molar-refractivity contribution in [3.63, 3.8) is 0 Å². The summed E-state index contributed by atoms with van der Waals surface area (Å²) in [7, 11) is 1.81. The predicted molar refractivity (Wildman–Crippen MR) is 51.2 cm³/mol. The molecule has 0 aliphatic carbocycles. The molecule has 1 atom stereocenters. The molecule has 1 saturated heterocycles. The molecule has 17 heavy (non-hydrogen) atoms. The maximum atomic E-state index is 12.6. The summed E-state index contributed by atoms with van der Waals surface area (Å²) < 4.78 is 54.0. The molecule has 1 aliphatic heterocycles. The Bertz CT molecular complexity index is 276. The monoisotopic (exact) mass is 258 g/mol. The summed E-state index contributed by atoms with van der Waals surface area (Å²) in [6, 6.07) is 0. The van der Waals surface area contributed by atoms with E-state index in [1.807, 2.05) is 11.9 Å². The molecule has 8 heteroatoms. The van der Waals surface area contributed by atoms with Gasteiger partial charge in [0.2, 0.25) is 0 Å². The van der Waals surface area contributed by atoms with E-state index in [-0.39, 0.29) is 6.54 Å². The lowest BCUT2D eigenvalue weighted by Crippen LogP contribution is -2.51. The highest BCUT2D eigenvalue weighted by Crippen LogP contribution is 2.22. The molecule has 1 N–H and O–H groups in total. The van der Waals surface area contributed by atoms with Crippen molar-refractivity contribution in [2.45, 2.75) is 18.5 Å². The van der Waals surface area contributed by atoms with E-state index in [1.165, 1.54) is 0 Å². The summed E-state index contributed by atoms with van der Waals surface area (Å²) in [4.78, 5) is 12.7. The van der Waals surface area contributed by atoms with Gasteiger partial charge in [-0.25, -0.2) is 8.78 Å². The van der Waals surface area contributed by atoms with Crippen molar-refractivity contribution in [1.29, 1.82) is 0 Å². The molecular formula is C9H14F4N2O2. The maximum Gasteiger partial charge on any atom is 0.383 e. The number of hydrogen-bond donors (Lipinski definition) is 1. The van der Waals surface area contributed by atoms with Crippen LogP contribution in [0.4, 0.5) is 17.6 Å². The van der Waals surface area contributed by atoms with Gasteiger partial charge in [-0.1, -0.05) is 0 Å². The van der Waals surface area contributed by atoms with Crippen LogP contribution >= 0.6 is 0 Å². The number of hydrogen-bond acceptors (Lipinski definition) is 3. The van der Waals surface area contributed by atoms with Crippen LogP contribution < -0.4 is 5.32 Å². The van der Waals surface area contributed by atoms with Crippen molar-refractivity contribution in [2.75, 3.05) is 33.3 Å². The molecule has 1 amide bonds. The maximum absolute atomic E-state index is 12.6. The molecule has 1 fully saturated rings. The number of amides is 1. The van der Waals surface area contributed by atoms with Crippen molar-refractivity contribution >= 4 is 5.91 Å². The van der Waals surface area contributed by atoms with Crippen LogP contribution in [0.1, 0.15) is 0 Å². The number of halogens is 4. The largest absolute Gasteiger partial charge is 0.383 e. The zero-order valence-electron chi connectivity index (χ0n) is 9.26. The molecule has 0 aromatic rings. The van der Waals surface area contributed by atoms with Crippen molar-refractivity contribution in [1.82, 2.24) is 10.2 Å². The van der Waals surface area contributed by atoms with E-state index in [9.17, 15) is 22.4 Å². The van der Waals surface area contributed by atoms with Crippen molar-refractivity contribution < 1.29 is 27.1 Å². The second-order valence-corrected chi connectivity index (χ2v) is 3.89. The molecule has 0 aromatic carbocycles. The number of nitrogens with zero attached hydrogens (tertiary/aromatic N) is 1. The summed E-state index contributed by atoms with van der Waals surface area (Å²) >= 11 is 0. The topological polar surface area (TPSA) is 41.6 Å². The standard InChI is InChI=1S/C9H14F4N2O2/c1-15-2-3-17-6(5-15)4-14-8(16)9(12,13)7(10)11/h6-7H,2-5H2,1H3,(H,14,16). The lowest BCUT2D eigenvalue weighted by molar-refractivity contribution is -0.170. The Hall–Kier alpha value is -0.890. The predicted octanol–water partition coefficient (Wildman–Crippen LogP) is 0.334. The van der Waals surface area contributed by atoms with Gasteiger partial charge >= 0.3 is 12.3 Å². The quantitative estimate of drug-likeness (QED) is 0.739. The third-order valence-corrected chi connectivity index (χ3v) is 2.41. The minimum atomic E-state index is -4.65. The van der Waals surface area contributed by atoms with Gasteiger partial charge in [-0.3, -0.25) is 4.79 Å². The minimum absolute atomic E-state index is 0.203. The molecule has 0 aromatic heterocycles. The third kappa shape index (κ3) is 3.81. The highest BCUT2D eigenvalue weighted by atomic mass is 19.3. The summed E-state index contributed by atoms with van der Waals surface area (Å²) in [5, 5.41) is 1.77. The Morgan fingerprint density at radius 2 is 2.24 bits per heavy atom. The number of carbonyl (C=O) groups is 1. The van der Waals surface area contributed by atoms with Gasteiger partial charge in [0.25, 0.3) is 5.91 Å². The molecule has 4 nitrogen and oxygen atoms in total. The van der Waals surface area contributed by atoms with E-state index in [0.29, 0.717) is 19.7 Å². The van der Waals surface area contributed by atoms with E-state index < -0.39 is 24.4 Å². The van der Waals surface area contributed by atoms with Gasteiger partial charge < -0.3 is 15.0 Å². The van der Waals surface area contributed by atoms with Crippen molar-refractivity contribution in [3.05, 3.63) is 0 Å². The normalized spacial score (nSPS) is 22.8. The number of carbonyl (C=O) groups excluding carboxylic acids is 1. The fourth-order valence-electron chi connectivity index (χ4n) is 1.41. The first kappa shape index (κ1) is 14.2. The molecule has 1 heterocycles. The number of nitrogens with one attached hydrogen (secondary N) is 1. The SMILES string of the molecule is CN1CCOC(CNC(=O)C(F)(F)C(F)F)C1. The lowest BCUT2D eigenvalue weighted by atomic mass is 10.2. The lowest BCUT2D eigenvalue weighted by Gasteiger charge is -2.30. The first-order valence-corrected chi connectivity index (χ1v) is 5.08. The second kappa shape index (κ2) is 5.63. The number of rotatable bonds is 4. The summed E-state index contributed by atoms with van der Waals surface area (Å²) in [6.45, 7) is 1.38. The van der Waals surface area contributed by atoms with E-state index >= 15 is 0 Å². The fraction of sp³-hybridized carbons (Fsp3) is 0.889. The first-order chi connectivity index (χ1) is 7.84. The molecule has 0 radical (unpaired) electrons. The Morgan fingerprint density at radius 1 is 1.59 bits per heavy atom. The molecule has 0 spiro atoms. The van der Waals surface area contributed by atoms with Gasteiger partial charge in [-0.05, 0) is 7.05 Å². The van der Waals surface area contributed by atoms with Gasteiger partial charge in [0.05, 0.1) is 12.7 Å². The van der Waals surface area contributed by atoms with E-state index in [2.05, 4.69) is 0 Å². The van der Waals surface area contributed by atoms with E-state index in [4.69, 9.17) is 4.74 Å². The van der Waals surface area contributed by atoms with E-state index in [1.54, 1.807) is 5.32 Å². The van der Waals surface area contributed by atoms with Crippen molar-refractivity contribution in [3.8, 4) is 0 Å². The average molecular weight is 258 g/mol. The van der Waals surface area contributed by atoms with Crippen molar-refractivity contribution in [2.24, 2.45) is 0 Å². The highest BCUT2D eigenvalue weighted by molar-refractivity contribution is 5.83. The third-order valence-electron chi connectivity index (χ3n) is 2.41. The Morgan fingerprint density at radius 3 is 2.76 bits per heavy atom. The van der Waals surface area contributed by atoms with Gasteiger partial charge in [0.1, 0.15) is 0 Å². The Kier molecular flexibility index (Phi) is 4.70. The zero-order chi connectivity index (χ0) is 13.1. The van der Waals surface area contributed by atoms with E-state index in [0.717, 1.165) is 0 Å². The van der Waals surface area contributed by atoms with Crippen LogP contribution in [-0.4, -0.2) is 62.5 Å². The molecular weight excluding hydrogens is 244 g/mol. The number of likely N-dealkylation sites (N-methyl/N-ethyl adjacent to an activating group) is 1. The molecule has 1 aliphatic rings. The fourth-order valence-corrected chi connectivity index (χ4v) is 1.41. The van der Waals surface area contributed by atoms with Crippen LogP contribution in [0, 0.1) is 0 Å². The van der Waals surface area contributed by atoms with Crippen LogP contribution in [0.15, 0.2) is 0 Å². The van der Waals surface area contributed by atoms with Gasteiger partial charge in [0, 0.05) is 19.6 Å². The average Bonchev–Trinajstić information content (AvgIpc) is 2.25. The summed E-state index contributed by atoms with van der Waals surface area (Å²) in [5.74, 6) is -6.62. The zero-order valence-corrected chi connectivity index (χ0v) is 9.26. The van der Waals surface area contributed by atoms with Crippen LogP contribution in [0.2, 0.25) is 0 Å². The van der Waals surface area contributed by atoms with Crippen LogP contribution in [0.3, 0.4) is 0 Å². The minimum Gasteiger partial charge on any atom is -0.374 e. The van der Waals surface area contributed by atoms with Crippen LogP contribution in [0.5, 0.6) is 0 Å². The Labute approximate surface area is 95.9 Å². The second-order valence-electron chi connectivity index (χ2n) is 3.89. The highest BCUT2D eigenvalue weighted by Gasteiger charge is 2.48.